The highest BCUT2D eigenvalue weighted by Crippen LogP contribution is 2.21. The zero-order chi connectivity index (χ0) is 15.0. The average molecular weight is 287 g/mol. The highest BCUT2D eigenvalue weighted by molar-refractivity contribution is 5.96. The molecule has 0 saturated carbocycles. The summed E-state index contributed by atoms with van der Waals surface area (Å²) < 4.78 is 1.75. The maximum atomic E-state index is 12.4. The average Bonchev–Trinajstić information content (AvgIpc) is 2.74. The van der Waals surface area contributed by atoms with Crippen molar-refractivity contribution >= 4 is 22.6 Å². The topological polar surface area (TPSA) is 71.8 Å². The second kappa shape index (κ2) is 5.44. The van der Waals surface area contributed by atoms with E-state index in [4.69, 9.17) is 0 Å². The maximum absolute atomic E-state index is 12.4. The third-order valence-electron chi connectivity index (χ3n) is 4.18. The summed E-state index contributed by atoms with van der Waals surface area (Å²) >= 11 is 0. The first-order valence-electron chi connectivity index (χ1n) is 7.40. The highest BCUT2D eigenvalue weighted by atomic mass is 16.2. The lowest BCUT2D eigenvalue weighted by Crippen LogP contribution is -2.48. The molecule has 0 spiro atoms. The Morgan fingerprint density at radius 3 is 3.10 bits per heavy atom. The molecule has 1 saturated heterocycles. The first-order chi connectivity index (χ1) is 10.1. The third-order valence-corrected chi connectivity index (χ3v) is 4.18. The molecule has 1 aliphatic rings. The number of nitrogens with one attached hydrogen (secondary N) is 2. The Hall–Kier alpha value is -1.95. The fraction of sp³-hybridized carbons (Fsp3) is 0.533. The molecule has 2 aromatic heterocycles. The summed E-state index contributed by atoms with van der Waals surface area (Å²) in [4.78, 5) is 16.8. The molecule has 6 nitrogen and oxygen atoms in total. The molecule has 2 atom stereocenters. The Bertz CT molecular complexity index is 678. The van der Waals surface area contributed by atoms with Crippen molar-refractivity contribution in [2.75, 3.05) is 11.9 Å². The first-order valence-corrected chi connectivity index (χ1v) is 7.40. The molecule has 1 amide bonds. The fourth-order valence-electron chi connectivity index (χ4n) is 3.00. The van der Waals surface area contributed by atoms with Crippen molar-refractivity contribution in [1.29, 1.82) is 0 Å². The molecule has 0 bridgehead atoms. The van der Waals surface area contributed by atoms with Crippen LogP contribution < -0.4 is 10.6 Å². The van der Waals surface area contributed by atoms with Crippen LogP contribution in [0.15, 0.2) is 12.3 Å². The minimum absolute atomic E-state index is 0.0184. The van der Waals surface area contributed by atoms with E-state index in [9.17, 15) is 4.79 Å². The summed E-state index contributed by atoms with van der Waals surface area (Å²) in [6.45, 7) is 4.96. The normalized spacial score (nSPS) is 22.4. The van der Waals surface area contributed by atoms with Gasteiger partial charge in [-0.25, -0.2) is 4.98 Å². The molecular formula is C15H21N5O. The monoisotopic (exact) mass is 287 g/mol. The van der Waals surface area contributed by atoms with Gasteiger partial charge in [0.05, 0.1) is 23.6 Å². The molecule has 2 N–H and O–H groups in total. The molecule has 3 heterocycles. The van der Waals surface area contributed by atoms with Crippen molar-refractivity contribution < 1.29 is 4.79 Å². The molecule has 0 aromatic carbocycles. The molecule has 2 aromatic rings. The number of pyridine rings is 1. The highest BCUT2D eigenvalue weighted by Gasteiger charge is 2.27. The predicted molar refractivity (Wildman–Crippen MR) is 82.1 cm³/mol. The number of nitrogens with zero attached hydrogens (tertiary/aromatic N) is 3. The second-order valence-corrected chi connectivity index (χ2v) is 5.84. The Balaban J connectivity index is 1.81. The number of carbonyl (C=O) groups is 1. The van der Waals surface area contributed by atoms with Crippen LogP contribution in [0.4, 0.5) is 5.69 Å². The molecule has 112 valence electrons. The van der Waals surface area contributed by atoms with Crippen LogP contribution in [0.5, 0.6) is 0 Å². The number of rotatable bonds is 2. The molecule has 6 heteroatoms. The number of aromatic nitrogens is 3. The van der Waals surface area contributed by atoms with E-state index in [0.717, 1.165) is 41.8 Å². The van der Waals surface area contributed by atoms with E-state index in [2.05, 4.69) is 27.6 Å². The van der Waals surface area contributed by atoms with E-state index in [-0.39, 0.29) is 11.9 Å². The van der Waals surface area contributed by atoms with Crippen LogP contribution in [0.25, 0.3) is 11.0 Å². The summed E-state index contributed by atoms with van der Waals surface area (Å²) in [7, 11) is 1.87. The van der Waals surface area contributed by atoms with Gasteiger partial charge in [0.15, 0.2) is 5.65 Å². The van der Waals surface area contributed by atoms with Crippen molar-refractivity contribution in [3.63, 3.8) is 0 Å². The first kappa shape index (κ1) is 14.0. The quantitative estimate of drug-likeness (QED) is 0.880. The maximum Gasteiger partial charge on any atom is 0.241 e. The van der Waals surface area contributed by atoms with Gasteiger partial charge in [0.25, 0.3) is 0 Å². The van der Waals surface area contributed by atoms with Gasteiger partial charge in [-0.2, -0.15) is 5.10 Å². The zero-order valence-corrected chi connectivity index (χ0v) is 12.7. The molecule has 2 unspecified atom stereocenters. The van der Waals surface area contributed by atoms with Crippen LogP contribution in [0, 0.1) is 12.8 Å². The summed E-state index contributed by atoms with van der Waals surface area (Å²) in [6.07, 6.45) is 3.91. The SMILES string of the molecule is Cc1nn(C)c2ncc(NC(=O)C3NCCCC3C)cc12. The van der Waals surface area contributed by atoms with E-state index >= 15 is 0 Å². The van der Waals surface area contributed by atoms with Crippen LogP contribution in [0.2, 0.25) is 0 Å². The number of piperidine rings is 1. The van der Waals surface area contributed by atoms with Crippen LogP contribution in [0.3, 0.4) is 0 Å². The van der Waals surface area contributed by atoms with Crippen molar-refractivity contribution in [3.8, 4) is 0 Å². The van der Waals surface area contributed by atoms with Crippen molar-refractivity contribution in [2.45, 2.75) is 32.7 Å². The summed E-state index contributed by atoms with van der Waals surface area (Å²) in [6, 6.07) is 1.82. The number of hydrogen-bond donors (Lipinski definition) is 2. The lowest BCUT2D eigenvalue weighted by atomic mass is 9.92. The number of amides is 1. The van der Waals surface area contributed by atoms with Gasteiger partial charge in [0, 0.05) is 12.4 Å². The number of hydrogen-bond acceptors (Lipinski definition) is 4. The molecule has 0 aliphatic carbocycles. The molecule has 0 radical (unpaired) electrons. The van der Waals surface area contributed by atoms with Gasteiger partial charge in [-0.15, -0.1) is 0 Å². The number of fused-ring (bicyclic) bond motifs is 1. The Labute approximate surface area is 123 Å². The van der Waals surface area contributed by atoms with E-state index in [1.54, 1.807) is 10.9 Å². The van der Waals surface area contributed by atoms with Crippen LogP contribution in [0.1, 0.15) is 25.5 Å². The van der Waals surface area contributed by atoms with E-state index in [1.807, 2.05) is 20.0 Å². The molecule has 3 rings (SSSR count). The van der Waals surface area contributed by atoms with Gasteiger partial charge in [-0.1, -0.05) is 6.92 Å². The smallest absolute Gasteiger partial charge is 0.241 e. The molecule has 1 aliphatic heterocycles. The van der Waals surface area contributed by atoms with Gasteiger partial charge in [-0.05, 0) is 38.3 Å². The van der Waals surface area contributed by atoms with Gasteiger partial charge in [-0.3, -0.25) is 9.48 Å². The lowest BCUT2D eigenvalue weighted by molar-refractivity contribution is -0.119. The summed E-state index contributed by atoms with van der Waals surface area (Å²) in [5.41, 5.74) is 2.47. The van der Waals surface area contributed by atoms with Crippen molar-refractivity contribution in [1.82, 2.24) is 20.1 Å². The largest absolute Gasteiger partial charge is 0.323 e. The second-order valence-electron chi connectivity index (χ2n) is 5.84. The van der Waals surface area contributed by atoms with Gasteiger partial charge >= 0.3 is 0 Å². The predicted octanol–water partition coefficient (Wildman–Crippen LogP) is 1.60. The molecule has 21 heavy (non-hydrogen) atoms. The summed E-state index contributed by atoms with van der Waals surface area (Å²) in [5.74, 6) is 0.375. The third kappa shape index (κ3) is 2.63. The van der Waals surface area contributed by atoms with E-state index in [1.165, 1.54) is 0 Å². The van der Waals surface area contributed by atoms with Gasteiger partial charge in [0.2, 0.25) is 5.91 Å². The fourth-order valence-corrected chi connectivity index (χ4v) is 3.00. The van der Waals surface area contributed by atoms with Crippen LogP contribution in [-0.2, 0) is 11.8 Å². The van der Waals surface area contributed by atoms with Crippen LogP contribution >= 0.6 is 0 Å². The lowest BCUT2D eigenvalue weighted by Gasteiger charge is -2.28. The standard InChI is InChI=1S/C15H21N5O/c1-9-5-4-6-16-13(9)15(21)18-11-7-12-10(2)19-20(3)14(12)17-8-11/h7-9,13,16H,4-6H2,1-3H3,(H,18,21). The van der Waals surface area contributed by atoms with E-state index < -0.39 is 0 Å². The summed E-state index contributed by atoms with van der Waals surface area (Å²) in [5, 5.41) is 11.6. The van der Waals surface area contributed by atoms with Crippen molar-refractivity contribution in [2.24, 2.45) is 13.0 Å². The number of aryl methyl sites for hydroxylation is 2. The Morgan fingerprint density at radius 2 is 2.33 bits per heavy atom. The minimum Gasteiger partial charge on any atom is -0.323 e. The zero-order valence-electron chi connectivity index (χ0n) is 12.7. The van der Waals surface area contributed by atoms with Crippen molar-refractivity contribution in [3.05, 3.63) is 18.0 Å². The number of anilines is 1. The molecule has 1 fully saturated rings. The minimum atomic E-state index is -0.121. The van der Waals surface area contributed by atoms with Gasteiger partial charge in [0.1, 0.15) is 0 Å². The van der Waals surface area contributed by atoms with Crippen LogP contribution in [-0.4, -0.2) is 33.3 Å². The van der Waals surface area contributed by atoms with Gasteiger partial charge < -0.3 is 10.6 Å². The Morgan fingerprint density at radius 1 is 1.52 bits per heavy atom. The number of carbonyl (C=O) groups excluding carboxylic acids is 1. The van der Waals surface area contributed by atoms with E-state index in [0.29, 0.717) is 5.92 Å². The molecular weight excluding hydrogens is 266 g/mol. The Kier molecular flexibility index (Phi) is 3.63.